The average Bonchev–Trinajstić information content (AvgIpc) is 3.38. The van der Waals surface area contributed by atoms with Crippen LogP contribution in [0.3, 0.4) is 0 Å². The Morgan fingerprint density at radius 3 is 1.97 bits per heavy atom. The van der Waals surface area contributed by atoms with Crippen LogP contribution in [-0.4, -0.2) is 9.13 Å². The van der Waals surface area contributed by atoms with E-state index < -0.39 is 0 Å². The summed E-state index contributed by atoms with van der Waals surface area (Å²) in [4.78, 5) is 0. The zero-order chi connectivity index (χ0) is 22.5. The highest BCUT2D eigenvalue weighted by atomic mass is 15.0. The molecule has 2 heterocycles. The molecule has 0 fully saturated rings. The van der Waals surface area contributed by atoms with Crippen molar-refractivity contribution in [2.45, 2.75) is 13.8 Å². The van der Waals surface area contributed by atoms with Crippen molar-refractivity contribution in [2.24, 2.45) is 7.05 Å². The van der Waals surface area contributed by atoms with Crippen molar-refractivity contribution in [3.05, 3.63) is 114 Å². The molecule has 2 nitrogen and oxygen atoms in total. The lowest BCUT2D eigenvalue weighted by Gasteiger charge is -2.15. The largest absolute Gasteiger partial charge is 0.349 e. The lowest BCUT2D eigenvalue weighted by atomic mass is 9.90. The Morgan fingerprint density at radius 2 is 1.18 bits per heavy atom. The summed E-state index contributed by atoms with van der Waals surface area (Å²) in [7, 11) is 2.14. The summed E-state index contributed by atoms with van der Waals surface area (Å²) in [6.07, 6.45) is 2.16. The van der Waals surface area contributed by atoms with E-state index in [0.717, 1.165) is 0 Å². The SMILES string of the molecule is Cc1ccccc1-c1cccc(-c2cccc3c2c2c(ccn2C)n3-c2ccccc2)c1C. The number of benzene rings is 4. The summed E-state index contributed by atoms with van der Waals surface area (Å²) in [5, 5.41) is 1.30. The van der Waals surface area contributed by atoms with Crippen LogP contribution in [0.4, 0.5) is 0 Å². The molecule has 0 aliphatic rings. The normalized spacial score (nSPS) is 11.5. The highest BCUT2D eigenvalue weighted by Crippen LogP contribution is 2.41. The minimum atomic E-state index is 1.19. The summed E-state index contributed by atoms with van der Waals surface area (Å²) in [6, 6.07) is 34.9. The Morgan fingerprint density at radius 1 is 0.545 bits per heavy atom. The number of hydrogen-bond donors (Lipinski definition) is 0. The smallest absolute Gasteiger partial charge is 0.0750 e. The summed E-state index contributed by atoms with van der Waals surface area (Å²) in [5.74, 6) is 0. The minimum Gasteiger partial charge on any atom is -0.349 e. The maximum Gasteiger partial charge on any atom is 0.0750 e. The first kappa shape index (κ1) is 19.6. The zero-order valence-corrected chi connectivity index (χ0v) is 19.2. The second kappa shape index (κ2) is 7.53. The van der Waals surface area contributed by atoms with E-state index in [1.807, 2.05) is 0 Å². The highest BCUT2D eigenvalue weighted by molar-refractivity contribution is 6.15. The second-order valence-corrected chi connectivity index (χ2v) is 8.82. The number of hydrogen-bond acceptors (Lipinski definition) is 0. The summed E-state index contributed by atoms with van der Waals surface area (Å²) in [5.41, 5.74) is 12.7. The number of aryl methyl sites for hydroxylation is 2. The van der Waals surface area contributed by atoms with Gasteiger partial charge in [0.15, 0.2) is 0 Å². The molecule has 0 atom stereocenters. The topological polar surface area (TPSA) is 9.86 Å². The zero-order valence-electron chi connectivity index (χ0n) is 19.2. The van der Waals surface area contributed by atoms with Gasteiger partial charge in [-0.15, -0.1) is 0 Å². The molecule has 33 heavy (non-hydrogen) atoms. The van der Waals surface area contributed by atoms with Gasteiger partial charge in [-0.3, -0.25) is 0 Å². The van der Waals surface area contributed by atoms with Crippen molar-refractivity contribution in [3.8, 4) is 27.9 Å². The van der Waals surface area contributed by atoms with Crippen LogP contribution in [0, 0.1) is 13.8 Å². The van der Waals surface area contributed by atoms with Crippen LogP contribution >= 0.6 is 0 Å². The molecule has 4 aromatic carbocycles. The molecule has 6 rings (SSSR count). The second-order valence-electron chi connectivity index (χ2n) is 8.82. The van der Waals surface area contributed by atoms with Gasteiger partial charge in [-0.05, 0) is 71.5 Å². The lowest BCUT2D eigenvalue weighted by molar-refractivity contribution is 0.973. The minimum absolute atomic E-state index is 1.19. The van der Waals surface area contributed by atoms with Gasteiger partial charge in [0, 0.05) is 24.3 Å². The van der Waals surface area contributed by atoms with Crippen LogP contribution in [-0.2, 0) is 7.05 Å². The standard InChI is InChI=1S/C31H26N2/c1-21-11-7-8-14-24(21)25-15-9-16-26(22(25)2)27-17-10-18-28-30(27)31-29(19-20-32(31)3)33(28)23-12-5-4-6-13-23/h4-20H,1-3H3. The van der Waals surface area contributed by atoms with Crippen LogP contribution in [0.25, 0.3) is 49.9 Å². The Balaban J connectivity index is 1.69. The molecule has 0 spiro atoms. The third kappa shape index (κ3) is 2.95. The van der Waals surface area contributed by atoms with E-state index in [1.54, 1.807) is 0 Å². The third-order valence-corrected chi connectivity index (χ3v) is 6.89. The molecule has 6 aromatic rings. The summed E-state index contributed by atoms with van der Waals surface area (Å²) in [6.45, 7) is 4.45. The Hall–Kier alpha value is -4.04. The van der Waals surface area contributed by atoms with Gasteiger partial charge in [-0.25, -0.2) is 0 Å². The maximum absolute atomic E-state index is 2.38. The molecule has 2 aromatic heterocycles. The number of rotatable bonds is 3. The van der Waals surface area contributed by atoms with Crippen LogP contribution in [0.2, 0.25) is 0 Å². The Bertz CT molecular complexity index is 1630. The molecule has 0 radical (unpaired) electrons. The fourth-order valence-corrected chi connectivity index (χ4v) is 5.28. The van der Waals surface area contributed by atoms with Crippen molar-refractivity contribution in [2.75, 3.05) is 0 Å². The van der Waals surface area contributed by atoms with Crippen molar-refractivity contribution in [1.82, 2.24) is 9.13 Å². The summed E-state index contributed by atoms with van der Waals surface area (Å²) >= 11 is 0. The lowest BCUT2D eigenvalue weighted by Crippen LogP contribution is -1.94. The molecular formula is C31H26N2. The first-order valence-electron chi connectivity index (χ1n) is 11.4. The molecule has 0 saturated heterocycles. The first-order valence-corrected chi connectivity index (χ1v) is 11.4. The number of nitrogens with zero attached hydrogens (tertiary/aromatic N) is 2. The quantitative estimate of drug-likeness (QED) is 0.271. The molecule has 0 saturated carbocycles. The van der Waals surface area contributed by atoms with E-state index >= 15 is 0 Å². The van der Waals surface area contributed by atoms with Gasteiger partial charge in [-0.1, -0.05) is 72.8 Å². The number of para-hydroxylation sites is 1. The Labute approximate surface area is 194 Å². The molecule has 2 heteroatoms. The van der Waals surface area contributed by atoms with E-state index in [4.69, 9.17) is 0 Å². The Kier molecular flexibility index (Phi) is 4.48. The predicted molar refractivity (Wildman–Crippen MR) is 140 cm³/mol. The van der Waals surface area contributed by atoms with Gasteiger partial charge in [0.1, 0.15) is 0 Å². The van der Waals surface area contributed by atoms with E-state index in [0.29, 0.717) is 0 Å². The fraction of sp³-hybridized carbons (Fsp3) is 0.0968. The third-order valence-electron chi connectivity index (χ3n) is 6.89. The van der Waals surface area contributed by atoms with Crippen molar-refractivity contribution in [3.63, 3.8) is 0 Å². The molecule has 0 N–H and O–H groups in total. The molecule has 0 bridgehead atoms. The van der Waals surface area contributed by atoms with E-state index in [1.165, 1.54) is 61.0 Å². The molecule has 0 aliphatic heterocycles. The van der Waals surface area contributed by atoms with Gasteiger partial charge in [0.05, 0.1) is 16.6 Å². The molecule has 0 amide bonds. The van der Waals surface area contributed by atoms with Gasteiger partial charge < -0.3 is 9.13 Å². The van der Waals surface area contributed by atoms with Gasteiger partial charge in [0.2, 0.25) is 0 Å². The molecule has 0 unspecified atom stereocenters. The van der Waals surface area contributed by atoms with E-state index in [2.05, 4.69) is 133 Å². The van der Waals surface area contributed by atoms with Gasteiger partial charge in [0.25, 0.3) is 0 Å². The molecule has 160 valence electrons. The average molecular weight is 427 g/mol. The van der Waals surface area contributed by atoms with Crippen molar-refractivity contribution in [1.29, 1.82) is 0 Å². The van der Waals surface area contributed by atoms with Gasteiger partial charge in [-0.2, -0.15) is 0 Å². The highest BCUT2D eigenvalue weighted by Gasteiger charge is 2.19. The number of aromatic nitrogens is 2. The monoisotopic (exact) mass is 426 g/mol. The van der Waals surface area contributed by atoms with Gasteiger partial charge >= 0.3 is 0 Å². The van der Waals surface area contributed by atoms with E-state index in [9.17, 15) is 0 Å². The fourth-order valence-electron chi connectivity index (χ4n) is 5.28. The van der Waals surface area contributed by atoms with Crippen LogP contribution in [0.1, 0.15) is 11.1 Å². The maximum atomic E-state index is 2.38. The summed E-state index contributed by atoms with van der Waals surface area (Å²) < 4.78 is 4.63. The van der Waals surface area contributed by atoms with E-state index in [-0.39, 0.29) is 0 Å². The predicted octanol–water partition coefficient (Wildman–Crippen LogP) is 8.07. The van der Waals surface area contributed by atoms with Crippen LogP contribution < -0.4 is 0 Å². The van der Waals surface area contributed by atoms with Crippen molar-refractivity contribution < 1.29 is 0 Å². The number of fused-ring (bicyclic) bond motifs is 3. The molecular weight excluding hydrogens is 400 g/mol. The van der Waals surface area contributed by atoms with Crippen LogP contribution in [0.5, 0.6) is 0 Å². The first-order chi connectivity index (χ1) is 16.1. The van der Waals surface area contributed by atoms with Crippen molar-refractivity contribution >= 4 is 21.9 Å². The molecule has 0 aliphatic carbocycles. The van der Waals surface area contributed by atoms with Crippen LogP contribution in [0.15, 0.2) is 103 Å².